The lowest BCUT2D eigenvalue weighted by molar-refractivity contribution is -0.148. The highest BCUT2D eigenvalue weighted by molar-refractivity contribution is 7.99. The second kappa shape index (κ2) is 13.5. The van der Waals surface area contributed by atoms with E-state index in [1.165, 1.54) is 5.56 Å². The lowest BCUT2D eigenvalue weighted by atomic mass is 9.97. The van der Waals surface area contributed by atoms with E-state index in [0.717, 1.165) is 23.5 Å². The van der Waals surface area contributed by atoms with Crippen molar-refractivity contribution in [1.82, 2.24) is 0 Å². The Labute approximate surface area is 179 Å². The van der Waals surface area contributed by atoms with E-state index in [4.69, 9.17) is 9.47 Å². The molecule has 2 rings (SSSR count). The van der Waals surface area contributed by atoms with E-state index in [1.54, 1.807) is 11.8 Å². The molecule has 0 radical (unpaired) electrons. The molecule has 4 nitrogen and oxygen atoms in total. The SMILES string of the molecule is CCOC(=O)C(CCCc1ccccc1)C(CSc1ccccc1OCC)[PH2]=O. The number of hydrogen-bond acceptors (Lipinski definition) is 5. The standard InChI is InChI=1S/C23H31O4PS/c1-3-26-20-15-8-9-16-22(20)29-17-21(28-25)19(23(24)27-4-2)14-10-13-18-11-6-5-7-12-18/h5-9,11-12,15-16,19,21H,3-4,10,13-14,17,28H2,1-2H3. The lowest BCUT2D eigenvalue weighted by Gasteiger charge is -2.22. The predicted molar refractivity (Wildman–Crippen MR) is 122 cm³/mol. The third-order valence-corrected chi connectivity index (χ3v) is 7.28. The van der Waals surface area contributed by atoms with Gasteiger partial charge in [0.05, 0.1) is 27.6 Å². The van der Waals surface area contributed by atoms with Crippen LogP contribution in [0, 0.1) is 5.92 Å². The third-order valence-electron chi connectivity index (χ3n) is 4.68. The van der Waals surface area contributed by atoms with Gasteiger partial charge in [-0.3, -0.25) is 4.79 Å². The molecule has 2 aromatic rings. The van der Waals surface area contributed by atoms with Gasteiger partial charge >= 0.3 is 5.97 Å². The van der Waals surface area contributed by atoms with Crippen LogP contribution in [0.4, 0.5) is 0 Å². The molecular weight excluding hydrogens is 403 g/mol. The Morgan fingerprint density at radius 1 is 1.03 bits per heavy atom. The molecule has 0 spiro atoms. The van der Waals surface area contributed by atoms with Crippen molar-refractivity contribution in [1.29, 1.82) is 0 Å². The first-order chi connectivity index (χ1) is 14.2. The van der Waals surface area contributed by atoms with Crippen molar-refractivity contribution in [3.63, 3.8) is 0 Å². The smallest absolute Gasteiger partial charge is 0.309 e. The van der Waals surface area contributed by atoms with Gasteiger partial charge in [-0.1, -0.05) is 42.5 Å². The van der Waals surface area contributed by atoms with Gasteiger partial charge < -0.3 is 14.0 Å². The van der Waals surface area contributed by atoms with Crippen LogP contribution in [-0.2, 0) is 20.5 Å². The number of thioether (sulfide) groups is 1. The maximum Gasteiger partial charge on any atom is 0.309 e. The van der Waals surface area contributed by atoms with Gasteiger partial charge in [0.2, 0.25) is 0 Å². The largest absolute Gasteiger partial charge is 0.493 e. The van der Waals surface area contributed by atoms with Crippen LogP contribution in [0.25, 0.3) is 0 Å². The lowest BCUT2D eigenvalue weighted by Crippen LogP contribution is -2.28. The van der Waals surface area contributed by atoms with Crippen LogP contribution in [0.15, 0.2) is 59.5 Å². The molecule has 158 valence electrons. The predicted octanol–water partition coefficient (Wildman–Crippen LogP) is 5.50. The number of rotatable bonds is 13. The van der Waals surface area contributed by atoms with Crippen LogP contribution >= 0.6 is 20.2 Å². The Bertz CT molecular complexity index is 754. The molecule has 3 unspecified atom stereocenters. The Morgan fingerprint density at radius 2 is 1.76 bits per heavy atom. The molecule has 0 heterocycles. The van der Waals surface area contributed by atoms with Crippen LogP contribution < -0.4 is 4.74 Å². The van der Waals surface area contributed by atoms with E-state index in [2.05, 4.69) is 12.1 Å². The van der Waals surface area contributed by atoms with Crippen LogP contribution in [0.2, 0.25) is 0 Å². The summed E-state index contributed by atoms with van der Waals surface area (Å²) in [7, 11) is -1.09. The zero-order valence-electron chi connectivity index (χ0n) is 17.2. The van der Waals surface area contributed by atoms with Crippen LogP contribution in [0.3, 0.4) is 0 Å². The minimum Gasteiger partial charge on any atom is -0.493 e. The molecular formula is C23H31O4PS. The third kappa shape index (κ3) is 7.91. The van der Waals surface area contributed by atoms with Gasteiger partial charge in [0, 0.05) is 16.3 Å². The maximum absolute atomic E-state index is 12.6. The molecule has 0 amide bonds. The average Bonchev–Trinajstić information content (AvgIpc) is 2.75. The Kier molecular flexibility index (Phi) is 11.0. The van der Waals surface area contributed by atoms with Gasteiger partial charge in [-0.25, -0.2) is 0 Å². The monoisotopic (exact) mass is 434 g/mol. The summed E-state index contributed by atoms with van der Waals surface area (Å²) in [5, 5.41) is 0. The quantitative estimate of drug-likeness (QED) is 0.237. The van der Waals surface area contributed by atoms with E-state index in [9.17, 15) is 9.36 Å². The fourth-order valence-electron chi connectivity index (χ4n) is 3.21. The molecule has 0 saturated carbocycles. The van der Waals surface area contributed by atoms with E-state index >= 15 is 0 Å². The van der Waals surface area contributed by atoms with Gasteiger partial charge in [0.15, 0.2) is 0 Å². The summed E-state index contributed by atoms with van der Waals surface area (Å²) in [6, 6.07) is 18.1. The Morgan fingerprint density at radius 3 is 2.45 bits per heavy atom. The van der Waals surface area contributed by atoms with E-state index in [1.807, 2.05) is 56.3 Å². The first-order valence-electron chi connectivity index (χ1n) is 10.2. The normalized spacial score (nSPS) is 13.3. The van der Waals surface area contributed by atoms with Gasteiger partial charge in [-0.15, -0.1) is 11.8 Å². The van der Waals surface area contributed by atoms with Crippen molar-refractivity contribution in [2.45, 2.75) is 43.7 Å². The minimum absolute atomic E-state index is 0.190. The molecule has 0 aromatic heterocycles. The van der Waals surface area contributed by atoms with Crippen molar-refractivity contribution >= 4 is 26.2 Å². The van der Waals surface area contributed by atoms with Crippen molar-refractivity contribution < 1.29 is 18.8 Å². The molecule has 6 heteroatoms. The highest BCUT2D eigenvalue weighted by Crippen LogP contribution is 2.34. The molecule has 0 bridgehead atoms. The fourth-order valence-corrected chi connectivity index (χ4v) is 5.40. The summed E-state index contributed by atoms with van der Waals surface area (Å²) in [6.07, 6.45) is 2.45. The average molecular weight is 435 g/mol. The van der Waals surface area contributed by atoms with E-state index in [0.29, 0.717) is 25.4 Å². The summed E-state index contributed by atoms with van der Waals surface area (Å²) in [5.74, 6) is 0.875. The van der Waals surface area contributed by atoms with Crippen molar-refractivity contribution in [2.24, 2.45) is 5.92 Å². The number of para-hydroxylation sites is 1. The topological polar surface area (TPSA) is 52.6 Å². The number of carbonyl (C=O) groups excluding carboxylic acids is 1. The molecule has 2 aromatic carbocycles. The highest BCUT2D eigenvalue weighted by Gasteiger charge is 2.29. The molecule has 0 aliphatic carbocycles. The molecule has 3 atom stereocenters. The molecule has 0 aliphatic rings. The summed E-state index contributed by atoms with van der Waals surface area (Å²) in [4.78, 5) is 13.6. The molecule has 29 heavy (non-hydrogen) atoms. The highest BCUT2D eigenvalue weighted by atomic mass is 32.2. The minimum atomic E-state index is -1.09. The summed E-state index contributed by atoms with van der Waals surface area (Å²) in [6.45, 7) is 4.70. The number of ether oxygens (including phenoxy) is 2. The second-order valence-electron chi connectivity index (χ2n) is 6.73. The molecule has 0 fully saturated rings. The van der Waals surface area contributed by atoms with Crippen LogP contribution in [0.5, 0.6) is 5.75 Å². The van der Waals surface area contributed by atoms with Crippen molar-refractivity contribution in [3.05, 3.63) is 60.2 Å². The number of benzene rings is 2. The van der Waals surface area contributed by atoms with Crippen LogP contribution in [-0.4, -0.2) is 30.6 Å². The van der Waals surface area contributed by atoms with Crippen molar-refractivity contribution in [3.8, 4) is 5.75 Å². The first kappa shape index (κ1) is 23.6. The zero-order chi connectivity index (χ0) is 20.9. The Hall–Kier alpha value is -1.71. The molecule has 0 N–H and O–H groups in total. The summed E-state index contributed by atoms with van der Waals surface area (Å²) >= 11 is 1.60. The van der Waals surface area contributed by atoms with Gasteiger partial charge in [0.1, 0.15) is 5.75 Å². The fraction of sp³-hybridized carbons (Fsp3) is 0.435. The van der Waals surface area contributed by atoms with Gasteiger partial charge in [0.25, 0.3) is 0 Å². The number of esters is 1. The van der Waals surface area contributed by atoms with E-state index in [-0.39, 0.29) is 17.5 Å². The van der Waals surface area contributed by atoms with Crippen molar-refractivity contribution in [2.75, 3.05) is 19.0 Å². The molecule has 0 saturated heterocycles. The summed E-state index contributed by atoms with van der Waals surface area (Å²) < 4.78 is 23.1. The van der Waals surface area contributed by atoms with E-state index < -0.39 is 8.46 Å². The Balaban J connectivity index is 2.02. The number of aryl methyl sites for hydroxylation is 1. The van der Waals surface area contributed by atoms with Crippen LogP contribution in [0.1, 0.15) is 32.3 Å². The zero-order valence-corrected chi connectivity index (χ0v) is 19.2. The first-order valence-corrected chi connectivity index (χ1v) is 12.3. The number of hydrogen-bond donors (Lipinski definition) is 0. The second-order valence-corrected chi connectivity index (χ2v) is 8.92. The van der Waals surface area contributed by atoms with Gasteiger partial charge in [-0.05, 0) is 50.8 Å². The summed E-state index contributed by atoms with van der Waals surface area (Å²) in [5.41, 5.74) is 1.06. The number of carbonyl (C=O) groups is 1. The molecule has 0 aliphatic heterocycles. The maximum atomic E-state index is 12.6. The van der Waals surface area contributed by atoms with Gasteiger partial charge in [-0.2, -0.15) is 0 Å².